The number of aromatic nitrogens is 1. The number of amides is 2. The van der Waals surface area contributed by atoms with Crippen molar-refractivity contribution in [2.24, 2.45) is 0 Å². The van der Waals surface area contributed by atoms with Crippen molar-refractivity contribution in [1.82, 2.24) is 15.8 Å². The van der Waals surface area contributed by atoms with Crippen molar-refractivity contribution in [3.63, 3.8) is 0 Å². The molecule has 0 bridgehead atoms. The molecule has 1 aromatic heterocycles. The average molecular weight is 419 g/mol. The minimum absolute atomic E-state index is 0.0888. The fraction of sp³-hybridized carbons (Fsp3) is 0.250. The molecule has 1 atom stereocenters. The van der Waals surface area contributed by atoms with Crippen LogP contribution in [0.1, 0.15) is 40.9 Å². The van der Waals surface area contributed by atoms with Crippen LogP contribution in [0.25, 0.3) is 16.5 Å². The molecule has 7 heteroatoms. The lowest BCUT2D eigenvalue weighted by atomic mass is 9.89. The Labute approximate surface area is 180 Å². The van der Waals surface area contributed by atoms with E-state index >= 15 is 0 Å². The standard InChI is InChI=1S/C24H25N3O4/c1-15-23(20-4-2-3-5-21(20)25-15)16-6-10-18(11-7-16)26-24(29)17-8-12-19(13-9-17)31-14-22(28)27-30/h2-6,8-9,12-13,18,25,30H,7,10-11,14H2,1H3,(H,26,29)(H,27,28). The highest BCUT2D eigenvalue weighted by molar-refractivity contribution is 5.95. The van der Waals surface area contributed by atoms with Gasteiger partial charge in [-0.25, -0.2) is 5.48 Å². The number of aryl methyl sites for hydroxylation is 1. The summed E-state index contributed by atoms with van der Waals surface area (Å²) < 4.78 is 5.22. The number of carbonyl (C=O) groups excluding carboxylic acids is 2. The Morgan fingerprint density at radius 2 is 1.94 bits per heavy atom. The van der Waals surface area contributed by atoms with Gasteiger partial charge in [-0.3, -0.25) is 14.8 Å². The molecule has 31 heavy (non-hydrogen) atoms. The first-order valence-corrected chi connectivity index (χ1v) is 10.3. The number of benzene rings is 2. The van der Waals surface area contributed by atoms with Gasteiger partial charge in [-0.05, 0) is 62.1 Å². The molecule has 0 fully saturated rings. The Hall–Kier alpha value is -3.58. The quantitative estimate of drug-likeness (QED) is 0.361. The van der Waals surface area contributed by atoms with Gasteiger partial charge < -0.3 is 15.0 Å². The maximum Gasteiger partial charge on any atom is 0.281 e. The monoisotopic (exact) mass is 419 g/mol. The number of hydroxylamine groups is 1. The van der Waals surface area contributed by atoms with Crippen LogP contribution in [-0.2, 0) is 4.79 Å². The normalized spacial score (nSPS) is 15.9. The molecular formula is C24H25N3O4. The number of hydrogen-bond donors (Lipinski definition) is 4. The Bertz CT molecular complexity index is 1130. The van der Waals surface area contributed by atoms with E-state index in [9.17, 15) is 9.59 Å². The van der Waals surface area contributed by atoms with Gasteiger partial charge in [0.05, 0.1) is 0 Å². The number of allylic oxidation sites excluding steroid dienone is 1. The summed E-state index contributed by atoms with van der Waals surface area (Å²) in [5, 5.41) is 12.8. The fourth-order valence-electron chi connectivity index (χ4n) is 4.04. The summed E-state index contributed by atoms with van der Waals surface area (Å²) in [6.07, 6.45) is 4.82. The predicted molar refractivity (Wildman–Crippen MR) is 118 cm³/mol. The third-order valence-electron chi connectivity index (χ3n) is 5.57. The Kier molecular flexibility index (Phi) is 6.04. The third kappa shape index (κ3) is 4.62. The molecule has 3 aromatic rings. The second kappa shape index (κ2) is 9.06. The summed E-state index contributed by atoms with van der Waals surface area (Å²) in [5.41, 5.74) is 6.96. The van der Waals surface area contributed by atoms with E-state index in [0.717, 1.165) is 24.8 Å². The SMILES string of the molecule is Cc1[nH]c2ccccc2c1C1=CCC(NC(=O)c2ccc(OCC(=O)NO)cc2)CC1. The molecule has 4 N–H and O–H groups in total. The van der Waals surface area contributed by atoms with Crippen molar-refractivity contribution < 1.29 is 19.5 Å². The number of ether oxygens (including phenoxy) is 1. The Balaban J connectivity index is 1.37. The maximum atomic E-state index is 12.6. The molecule has 1 heterocycles. The molecule has 1 aliphatic carbocycles. The molecule has 1 unspecified atom stereocenters. The first-order chi connectivity index (χ1) is 15.0. The second-order valence-electron chi connectivity index (χ2n) is 7.69. The zero-order chi connectivity index (χ0) is 21.8. The van der Waals surface area contributed by atoms with Crippen LogP contribution >= 0.6 is 0 Å². The van der Waals surface area contributed by atoms with Gasteiger partial charge in [0, 0.05) is 33.8 Å². The van der Waals surface area contributed by atoms with Crippen molar-refractivity contribution in [2.45, 2.75) is 32.2 Å². The van der Waals surface area contributed by atoms with Crippen molar-refractivity contribution in [1.29, 1.82) is 0 Å². The van der Waals surface area contributed by atoms with Gasteiger partial charge in [0.15, 0.2) is 6.61 Å². The fourth-order valence-corrected chi connectivity index (χ4v) is 4.04. The van der Waals surface area contributed by atoms with E-state index in [-0.39, 0.29) is 18.6 Å². The lowest BCUT2D eigenvalue weighted by Crippen LogP contribution is -2.35. The summed E-state index contributed by atoms with van der Waals surface area (Å²) >= 11 is 0. The highest BCUT2D eigenvalue weighted by atomic mass is 16.5. The van der Waals surface area contributed by atoms with Crippen molar-refractivity contribution in [3.05, 3.63) is 71.4 Å². The van der Waals surface area contributed by atoms with Crippen LogP contribution in [0.4, 0.5) is 0 Å². The van der Waals surface area contributed by atoms with E-state index in [0.29, 0.717) is 11.3 Å². The molecule has 0 saturated heterocycles. The number of para-hydroxylation sites is 1. The van der Waals surface area contributed by atoms with Gasteiger partial charge >= 0.3 is 0 Å². The highest BCUT2D eigenvalue weighted by Gasteiger charge is 2.21. The first-order valence-electron chi connectivity index (χ1n) is 10.3. The van der Waals surface area contributed by atoms with Crippen molar-refractivity contribution in [3.8, 4) is 5.75 Å². The summed E-state index contributed by atoms with van der Waals surface area (Å²) in [4.78, 5) is 27.1. The van der Waals surface area contributed by atoms with Gasteiger partial charge in [0.1, 0.15) is 5.75 Å². The zero-order valence-corrected chi connectivity index (χ0v) is 17.3. The number of rotatable bonds is 6. The maximum absolute atomic E-state index is 12.6. The smallest absolute Gasteiger partial charge is 0.281 e. The van der Waals surface area contributed by atoms with E-state index in [4.69, 9.17) is 9.94 Å². The van der Waals surface area contributed by atoms with E-state index in [1.165, 1.54) is 27.7 Å². The molecule has 0 saturated carbocycles. The van der Waals surface area contributed by atoms with E-state index in [1.54, 1.807) is 24.3 Å². The molecule has 2 aromatic carbocycles. The van der Waals surface area contributed by atoms with Gasteiger partial charge in [0.2, 0.25) is 0 Å². The number of nitrogens with one attached hydrogen (secondary N) is 3. The Morgan fingerprint density at radius 1 is 1.16 bits per heavy atom. The summed E-state index contributed by atoms with van der Waals surface area (Å²) in [6, 6.07) is 15.0. The summed E-state index contributed by atoms with van der Waals surface area (Å²) in [5.74, 6) is -0.335. The van der Waals surface area contributed by atoms with Crippen LogP contribution in [0, 0.1) is 6.92 Å². The van der Waals surface area contributed by atoms with Gasteiger partial charge in [-0.2, -0.15) is 0 Å². The molecule has 7 nitrogen and oxygen atoms in total. The van der Waals surface area contributed by atoms with Gasteiger partial charge in [-0.15, -0.1) is 0 Å². The second-order valence-corrected chi connectivity index (χ2v) is 7.69. The zero-order valence-electron chi connectivity index (χ0n) is 17.3. The lowest BCUT2D eigenvalue weighted by molar-refractivity contribution is -0.131. The predicted octanol–water partition coefficient (Wildman–Crippen LogP) is 3.73. The average Bonchev–Trinajstić information content (AvgIpc) is 3.14. The lowest BCUT2D eigenvalue weighted by Gasteiger charge is -2.23. The molecule has 2 amide bonds. The largest absolute Gasteiger partial charge is 0.484 e. The first kappa shape index (κ1) is 20.7. The molecule has 160 valence electrons. The minimum Gasteiger partial charge on any atom is -0.484 e. The molecular weight excluding hydrogens is 394 g/mol. The molecule has 1 aliphatic rings. The number of aromatic amines is 1. The van der Waals surface area contributed by atoms with E-state index in [1.807, 2.05) is 6.07 Å². The molecule has 0 radical (unpaired) electrons. The minimum atomic E-state index is -0.644. The van der Waals surface area contributed by atoms with Crippen LogP contribution in [0.5, 0.6) is 5.75 Å². The third-order valence-corrected chi connectivity index (χ3v) is 5.57. The van der Waals surface area contributed by atoms with Crippen LogP contribution in [0.3, 0.4) is 0 Å². The van der Waals surface area contributed by atoms with Crippen molar-refractivity contribution in [2.75, 3.05) is 6.61 Å². The number of carbonyl (C=O) groups is 2. The van der Waals surface area contributed by atoms with Gasteiger partial charge in [-0.1, -0.05) is 24.3 Å². The van der Waals surface area contributed by atoms with Crippen LogP contribution in [-0.4, -0.2) is 34.7 Å². The van der Waals surface area contributed by atoms with Crippen LogP contribution < -0.4 is 15.5 Å². The molecule has 4 rings (SSSR count). The summed E-state index contributed by atoms with van der Waals surface area (Å²) in [7, 11) is 0. The van der Waals surface area contributed by atoms with Crippen LogP contribution in [0.2, 0.25) is 0 Å². The Morgan fingerprint density at radius 3 is 2.65 bits per heavy atom. The number of hydrogen-bond acceptors (Lipinski definition) is 4. The van der Waals surface area contributed by atoms with E-state index < -0.39 is 5.91 Å². The highest BCUT2D eigenvalue weighted by Crippen LogP contribution is 2.34. The van der Waals surface area contributed by atoms with E-state index in [2.05, 4.69) is 41.5 Å². The van der Waals surface area contributed by atoms with Crippen molar-refractivity contribution >= 4 is 28.3 Å². The molecule has 0 spiro atoms. The number of fused-ring (bicyclic) bond motifs is 1. The summed E-state index contributed by atoms with van der Waals surface area (Å²) in [6.45, 7) is 1.81. The topological polar surface area (TPSA) is 103 Å². The van der Waals surface area contributed by atoms with Gasteiger partial charge in [0.25, 0.3) is 11.8 Å². The number of H-pyrrole nitrogens is 1. The molecule has 0 aliphatic heterocycles. The van der Waals surface area contributed by atoms with Crippen LogP contribution in [0.15, 0.2) is 54.6 Å².